The Morgan fingerprint density at radius 3 is 1.35 bits per heavy atom. The molecule has 1 aliphatic carbocycles. The van der Waals surface area contributed by atoms with Gasteiger partial charge in [-0.15, -0.1) is 0 Å². The van der Waals surface area contributed by atoms with Crippen LogP contribution in [0.2, 0.25) is 0 Å². The van der Waals surface area contributed by atoms with Crippen molar-refractivity contribution < 1.29 is 0 Å². The van der Waals surface area contributed by atoms with Crippen LogP contribution < -0.4 is 9.80 Å². The smallest absolute Gasteiger partial charge is 0.0540 e. The minimum absolute atomic E-state index is 1.13. The Balaban J connectivity index is 1.19. The minimum Gasteiger partial charge on any atom is -0.310 e. The summed E-state index contributed by atoms with van der Waals surface area (Å²) >= 11 is 0. The molecule has 0 bridgehead atoms. The highest BCUT2D eigenvalue weighted by Crippen LogP contribution is 2.48. The summed E-state index contributed by atoms with van der Waals surface area (Å²) in [6.45, 7) is 0. The van der Waals surface area contributed by atoms with E-state index in [9.17, 15) is 0 Å². The largest absolute Gasteiger partial charge is 0.310 e. The molecule has 258 valence electrons. The van der Waals surface area contributed by atoms with Crippen molar-refractivity contribution in [2.24, 2.45) is 0 Å². The number of hydrogen-bond acceptors (Lipinski definition) is 2. The van der Waals surface area contributed by atoms with Crippen molar-refractivity contribution in [3.8, 4) is 11.1 Å². The zero-order valence-electron chi connectivity index (χ0n) is 30.2. The predicted molar refractivity (Wildman–Crippen MR) is 231 cm³/mol. The monoisotopic (exact) mass is 692 g/mol. The Bertz CT molecular complexity index is 2770. The number of allylic oxidation sites excluding steroid dienone is 2. The molecule has 0 heterocycles. The van der Waals surface area contributed by atoms with E-state index in [0.717, 1.165) is 29.2 Å². The van der Waals surface area contributed by atoms with Gasteiger partial charge in [0, 0.05) is 33.5 Å². The zero-order valence-corrected chi connectivity index (χ0v) is 30.2. The van der Waals surface area contributed by atoms with E-state index in [2.05, 4.69) is 204 Å². The van der Waals surface area contributed by atoms with Crippen LogP contribution in [-0.4, -0.2) is 0 Å². The van der Waals surface area contributed by atoms with Gasteiger partial charge < -0.3 is 9.80 Å². The molecule has 2 nitrogen and oxygen atoms in total. The van der Waals surface area contributed by atoms with Gasteiger partial charge >= 0.3 is 0 Å². The second-order valence-corrected chi connectivity index (χ2v) is 14.4. The lowest BCUT2D eigenvalue weighted by molar-refractivity contribution is 0.742. The maximum atomic E-state index is 2.45. The lowest BCUT2D eigenvalue weighted by Gasteiger charge is -2.29. The molecule has 0 aromatic heterocycles. The molecule has 9 aromatic rings. The highest BCUT2D eigenvalue weighted by molar-refractivity contribution is 6.28. The number of benzene rings is 9. The van der Waals surface area contributed by atoms with Crippen molar-refractivity contribution in [3.63, 3.8) is 0 Å². The first-order valence-electron chi connectivity index (χ1n) is 19.2. The second-order valence-electron chi connectivity index (χ2n) is 14.4. The molecule has 54 heavy (non-hydrogen) atoms. The van der Waals surface area contributed by atoms with Crippen molar-refractivity contribution in [1.82, 2.24) is 0 Å². The fraction of sp³-hybridized carbons (Fsp3) is 0.0769. The average molecular weight is 693 g/mol. The molecule has 0 amide bonds. The van der Waals surface area contributed by atoms with E-state index in [1.165, 1.54) is 85.2 Å². The van der Waals surface area contributed by atoms with Gasteiger partial charge in [0.05, 0.1) is 11.4 Å². The fourth-order valence-corrected chi connectivity index (χ4v) is 8.57. The van der Waals surface area contributed by atoms with E-state index in [0.29, 0.717) is 0 Å². The van der Waals surface area contributed by atoms with Gasteiger partial charge in [-0.3, -0.25) is 0 Å². The van der Waals surface area contributed by atoms with E-state index >= 15 is 0 Å². The summed E-state index contributed by atoms with van der Waals surface area (Å²) < 4.78 is 0. The summed E-state index contributed by atoms with van der Waals surface area (Å²) in [5.74, 6) is 0. The van der Waals surface area contributed by atoms with Crippen LogP contribution >= 0.6 is 0 Å². The highest BCUT2D eigenvalue weighted by Gasteiger charge is 2.22. The van der Waals surface area contributed by atoms with Gasteiger partial charge in [0.2, 0.25) is 0 Å². The summed E-state index contributed by atoms with van der Waals surface area (Å²) in [6, 6.07) is 68.8. The maximum Gasteiger partial charge on any atom is 0.0540 e. The Hall–Kier alpha value is -6.64. The zero-order chi connectivity index (χ0) is 35.8. The summed E-state index contributed by atoms with van der Waals surface area (Å²) in [5.41, 5.74) is 12.1. The molecule has 10 rings (SSSR count). The lowest BCUT2D eigenvalue weighted by atomic mass is 9.91. The van der Waals surface area contributed by atoms with E-state index < -0.39 is 0 Å². The van der Waals surface area contributed by atoms with Gasteiger partial charge in [-0.05, 0) is 130 Å². The van der Waals surface area contributed by atoms with Crippen LogP contribution in [0.3, 0.4) is 0 Å². The molecule has 0 N–H and O–H groups in total. The molecule has 0 radical (unpaired) electrons. The van der Waals surface area contributed by atoms with Gasteiger partial charge in [0.15, 0.2) is 0 Å². The summed E-state index contributed by atoms with van der Waals surface area (Å²) in [7, 11) is 0. The summed E-state index contributed by atoms with van der Waals surface area (Å²) in [6.07, 6.45) is 7.30. The third kappa shape index (κ3) is 5.68. The highest BCUT2D eigenvalue weighted by atomic mass is 15.1. The van der Waals surface area contributed by atoms with Crippen molar-refractivity contribution in [3.05, 3.63) is 200 Å². The Labute approximate surface area is 317 Å². The third-order valence-electron chi connectivity index (χ3n) is 11.1. The van der Waals surface area contributed by atoms with Crippen LogP contribution in [0, 0.1) is 0 Å². The van der Waals surface area contributed by atoms with Gasteiger partial charge in [-0.25, -0.2) is 0 Å². The molecule has 0 aliphatic heterocycles. The SMILES string of the molecule is C1=C(c2cccc(N(c3ccccc3)c3ccc4ccc5c(N(c6ccccc6)c6cccc(-c7ccccc7)c6)ccc6ccc3c4c65)c2)CCCC1. The van der Waals surface area contributed by atoms with E-state index in [1.54, 1.807) is 0 Å². The van der Waals surface area contributed by atoms with Crippen LogP contribution in [0.4, 0.5) is 34.1 Å². The molecule has 0 saturated carbocycles. The number of para-hydroxylation sites is 2. The molecule has 1 aliphatic rings. The Morgan fingerprint density at radius 2 is 0.815 bits per heavy atom. The van der Waals surface area contributed by atoms with E-state index in [-0.39, 0.29) is 0 Å². The first-order valence-corrected chi connectivity index (χ1v) is 19.2. The normalized spacial score (nSPS) is 13.0. The second kappa shape index (κ2) is 13.7. The number of rotatable bonds is 8. The third-order valence-corrected chi connectivity index (χ3v) is 11.1. The van der Waals surface area contributed by atoms with Crippen LogP contribution in [0.15, 0.2) is 194 Å². The molecule has 0 spiro atoms. The first-order chi connectivity index (χ1) is 26.8. The molecule has 0 atom stereocenters. The maximum absolute atomic E-state index is 2.45. The predicted octanol–water partition coefficient (Wildman–Crippen LogP) is 15.1. The standard InChI is InChI=1S/C52H40N2/c1-5-15-37(16-6-1)41-19-13-25-45(35-41)53(43-21-9-3-10-22-43)49-33-29-39-28-32-48-50(34-30-40-27-31-47(49)51(39)52(40)48)54(44-23-11-4-12-24-44)46-26-14-20-42(36-46)38-17-7-2-8-18-38/h1,3-6,9-17,19-36H,2,7-8,18H2. The molecule has 0 unspecified atom stereocenters. The Kier molecular flexibility index (Phi) is 8.15. The molecule has 2 heteroatoms. The first kappa shape index (κ1) is 32.0. The van der Waals surface area contributed by atoms with Gasteiger partial charge in [-0.1, -0.05) is 133 Å². The van der Waals surface area contributed by atoms with Crippen LogP contribution in [0.1, 0.15) is 31.2 Å². The lowest BCUT2D eigenvalue weighted by Crippen LogP contribution is -2.11. The molecule has 0 fully saturated rings. The molecule has 9 aromatic carbocycles. The molecular formula is C52H40N2. The summed E-state index contributed by atoms with van der Waals surface area (Å²) in [4.78, 5) is 4.87. The quantitative estimate of drug-likeness (QED) is 0.146. The van der Waals surface area contributed by atoms with Gasteiger partial charge in [-0.2, -0.15) is 0 Å². The van der Waals surface area contributed by atoms with Gasteiger partial charge in [0.1, 0.15) is 0 Å². The van der Waals surface area contributed by atoms with E-state index in [1.807, 2.05) is 0 Å². The van der Waals surface area contributed by atoms with Crippen molar-refractivity contribution >= 4 is 72.0 Å². The van der Waals surface area contributed by atoms with Crippen molar-refractivity contribution in [1.29, 1.82) is 0 Å². The van der Waals surface area contributed by atoms with Crippen LogP contribution in [-0.2, 0) is 0 Å². The van der Waals surface area contributed by atoms with Gasteiger partial charge in [0.25, 0.3) is 0 Å². The molecular weight excluding hydrogens is 653 g/mol. The average Bonchev–Trinajstić information content (AvgIpc) is 3.25. The minimum atomic E-state index is 1.13. The number of anilines is 6. The van der Waals surface area contributed by atoms with E-state index in [4.69, 9.17) is 0 Å². The summed E-state index contributed by atoms with van der Waals surface area (Å²) in [5, 5.41) is 7.55. The number of hydrogen-bond donors (Lipinski definition) is 0. The van der Waals surface area contributed by atoms with Crippen LogP contribution in [0.25, 0.3) is 49.0 Å². The Morgan fingerprint density at radius 1 is 0.352 bits per heavy atom. The topological polar surface area (TPSA) is 6.48 Å². The van der Waals surface area contributed by atoms with Crippen molar-refractivity contribution in [2.45, 2.75) is 25.7 Å². The van der Waals surface area contributed by atoms with Crippen molar-refractivity contribution in [2.75, 3.05) is 9.80 Å². The molecule has 0 saturated heterocycles. The fourth-order valence-electron chi connectivity index (χ4n) is 8.57. The number of nitrogens with zero attached hydrogens (tertiary/aromatic N) is 2. The van der Waals surface area contributed by atoms with Crippen LogP contribution in [0.5, 0.6) is 0 Å².